The summed E-state index contributed by atoms with van der Waals surface area (Å²) in [6.07, 6.45) is 5.33. The van der Waals surface area contributed by atoms with E-state index in [0.717, 1.165) is 5.56 Å². The van der Waals surface area contributed by atoms with Crippen LogP contribution in [0.4, 0.5) is 0 Å². The number of imidazole rings is 1. The number of pyridine rings is 2. The Hall–Kier alpha value is -4.02. The van der Waals surface area contributed by atoms with Crippen molar-refractivity contribution in [3.63, 3.8) is 0 Å². The van der Waals surface area contributed by atoms with Crippen molar-refractivity contribution in [3.8, 4) is 28.6 Å². The average Bonchev–Trinajstić information content (AvgIpc) is 3.22. The average molecular weight is 399 g/mol. The minimum absolute atomic E-state index is 0.265. The fourth-order valence-corrected chi connectivity index (χ4v) is 3.49. The van der Waals surface area contributed by atoms with Crippen LogP contribution >= 0.6 is 11.6 Å². The summed E-state index contributed by atoms with van der Waals surface area (Å²) in [5, 5.41) is 9.75. The number of rotatable bonds is 2. The van der Waals surface area contributed by atoms with E-state index in [2.05, 4.69) is 21.0 Å². The van der Waals surface area contributed by atoms with Gasteiger partial charge >= 0.3 is 0 Å². The predicted octanol–water partition coefficient (Wildman–Crippen LogP) is 3.82. The molecule has 1 N–H and O–H groups in total. The first-order valence-corrected chi connectivity index (χ1v) is 9.04. The van der Waals surface area contributed by atoms with E-state index in [1.165, 1.54) is 6.07 Å². The number of benzene rings is 1. The van der Waals surface area contributed by atoms with Crippen molar-refractivity contribution >= 4 is 28.4 Å². The summed E-state index contributed by atoms with van der Waals surface area (Å²) in [5.41, 5.74) is 4.35. The Kier molecular flexibility index (Phi) is 3.86. The third kappa shape index (κ3) is 2.92. The van der Waals surface area contributed by atoms with Gasteiger partial charge in [0.05, 0.1) is 28.0 Å². The Labute approximate surface area is 168 Å². The molecule has 29 heavy (non-hydrogen) atoms. The number of halogens is 1. The molecule has 0 aliphatic rings. The zero-order valence-corrected chi connectivity index (χ0v) is 15.6. The fourth-order valence-electron chi connectivity index (χ4n) is 3.23. The molecule has 0 aliphatic carbocycles. The molecule has 0 unspecified atom stereocenters. The number of H-pyrrole nitrogens is 1. The Bertz CT molecular complexity index is 1510. The van der Waals surface area contributed by atoms with Crippen molar-refractivity contribution in [2.24, 2.45) is 0 Å². The van der Waals surface area contributed by atoms with Gasteiger partial charge in [-0.25, -0.2) is 15.0 Å². The van der Waals surface area contributed by atoms with Crippen molar-refractivity contribution in [2.45, 2.75) is 0 Å². The molecule has 138 valence electrons. The molecule has 0 amide bonds. The molecule has 0 radical (unpaired) electrons. The summed E-state index contributed by atoms with van der Waals surface area (Å²) in [7, 11) is 0. The minimum Gasteiger partial charge on any atom is -0.305 e. The highest BCUT2D eigenvalue weighted by atomic mass is 35.5. The molecule has 5 rings (SSSR count). The van der Waals surface area contributed by atoms with Crippen molar-refractivity contribution < 1.29 is 0 Å². The first-order valence-electron chi connectivity index (χ1n) is 8.66. The van der Waals surface area contributed by atoms with E-state index in [1.807, 2.05) is 16.7 Å². The van der Waals surface area contributed by atoms with E-state index in [4.69, 9.17) is 16.6 Å². The quantitative estimate of drug-likeness (QED) is 0.487. The van der Waals surface area contributed by atoms with Crippen LogP contribution in [0.2, 0.25) is 5.02 Å². The lowest BCUT2D eigenvalue weighted by Crippen LogP contribution is -2.06. The molecule has 0 saturated heterocycles. The van der Waals surface area contributed by atoms with Crippen molar-refractivity contribution in [1.29, 1.82) is 5.26 Å². The van der Waals surface area contributed by atoms with E-state index < -0.39 is 0 Å². The van der Waals surface area contributed by atoms with Gasteiger partial charge in [0.25, 0.3) is 0 Å². The SMILES string of the molecule is N#Cc1cccc(-c2nc3[nH]c(=O)ccc3nc2-c2cc(Cl)c3nccn3c2)c1. The Morgan fingerprint density at radius 3 is 2.79 bits per heavy atom. The van der Waals surface area contributed by atoms with Crippen molar-refractivity contribution in [3.05, 3.63) is 82.0 Å². The fraction of sp³-hybridized carbons (Fsp3) is 0. The van der Waals surface area contributed by atoms with Gasteiger partial charge in [-0.05, 0) is 24.3 Å². The summed E-state index contributed by atoms with van der Waals surface area (Å²) < 4.78 is 1.81. The van der Waals surface area contributed by atoms with Crippen LogP contribution in [0.1, 0.15) is 5.56 Å². The second-order valence-corrected chi connectivity index (χ2v) is 6.81. The second-order valence-electron chi connectivity index (χ2n) is 6.40. The van der Waals surface area contributed by atoms with E-state index in [0.29, 0.717) is 44.3 Å². The molecular formula is C21H11ClN6O. The Morgan fingerprint density at radius 2 is 1.93 bits per heavy atom. The first-order chi connectivity index (χ1) is 14.1. The van der Waals surface area contributed by atoms with Crippen molar-refractivity contribution in [1.82, 2.24) is 24.3 Å². The largest absolute Gasteiger partial charge is 0.305 e. The third-order valence-electron chi connectivity index (χ3n) is 4.54. The maximum Gasteiger partial charge on any atom is 0.249 e. The van der Waals surface area contributed by atoms with Crippen LogP contribution in [0.5, 0.6) is 0 Å². The summed E-state index contributed by atoms with van der Waals surface area (Å²) >= 11 is 6.42. The molecule has 0 saturated carbocycles. The van der Waals surface area contributed by atoms with Gasteiger partial charge in [-0.15, -0.1) is 0 Å². The smallest absolute Gasteiger partial charge is 0.249 e. The number of fused-ring (bicyclic) bond motifs is 2. The van der Waals surface area contributed by atoms with Gasteiger partial charge in [-0.2, -0.15) is 5.26 Å². The van der Waals surface area contributed by atoms with E-state index in [1.54, 1.807) is 42.7 Å². The van der Waals surface area contributed by atoms with E-state index >= 15 is 0 Å². The van der Waals surface area contributed by atoms with Crippen LogP contribution in [-0.2, 0) is 0 Å². The summed E-state index contributed by atoms with van der Waals surface area (Å²) in [6, 6.07) is 14.0. The molecular weight excluding hydrogens is 388 g/mol. The van der Waals surface area contributed by atoms with Gasteiger partial charge in [0.2, 0.25) is 5.56 Å². The monoisotopic (exact) mass is 398 g/mol. The lowest BCUT2D eigenvalue weighted by molar-refractivity contribution is 1.16. The van der Waals surface area contributed by atoms with Crippen LogP contribution in [0.25, 0.3) is 39.3 Å². The molecule has 5 aromatic rings. The number of nitriles is 1. The minimum atomic E-state index is -0.265. The van der Waals surface area contributed by atoms with Gasteiger partial charge < -0.3 is 9.38 Å². The summed E-state index contributed by atoms with van der Waals surface area (Å²) in [6.45, 7) is 0. The van der Waals surface area contributed by atoms with Gasteiger partial charge in [0.1, 0.15) is 5.52 Å². The van der Waals surface area contributed by atoms with Crippen molar-refractivity contribution in [2.75, 3.05) is 0 Å². The van der Waals surface area contributed by atoms with Crippen LogP contribution in [0.3, 0.4) is 0 Å². The molecule has 8 heteroatoms. The predicted molar refractivity (Wildman–Crippen MR) is 110 cm³/mol. The number of aromatic amines is 1. The van der Waals surface area contributed by atoms with Gasteiger partial charge in [0.15, 0.2) is 11.3 Å². The second kappa shape index (κ2) is 6.55. The van der Waals surface area contributed by atoms with E-state index in [9.17, 15) is 10.1 Å². The summed E-state index contributed by atoms with van der Waals surface area (Å²) in [4.78, 5) is 28.1. The normalized spacial score (nSPS) is 11.0. The molecule has 0 bridgehead atoms. The highest BCUT2D eigenvalue weighted by Gasteiger charge is 2.16. The highest BCUT2D eigenvalue weighted by Crippen LogP contribution is 2.32. The number of hydrogen-bond acceptors (Lipinski definition) is 5. The molecule has 4 heterocycles. The standard InChI is InChI=1S/C21H11ClN6O/c22-15-9-14(11-28-7-6-24-21(15)28)19-18(13-3-1-2-12(8-13)10-23)27-20-16(25-19)4-5-17(29)26-20/h1-9,11H,(H,26,27,29). The lowest BCUT2D eigenvalue weighted by Gasteiger charge is -2.11. The number of hydrogen-bond donors (Lipinski definition) is 1. The molecule has 0 aliphatic heterocycles. The van der Waals surface area contributed by atoms with Gasteiger partial charge in [-0.3, -0.25) is 4.79 Å². The number of nitrogens with one attached hydrogen (secondary N) is 1. The van der Waals surface area contributed by atoms with E-state index in [-0.39, 0.29) is 5.56 Å². The van der Waals surface area contributed by atoms with Crippen LogP contribution < -0.4 is 5.56 Å². The molecule has 0 atom stereocenters. The number of nitrogens with zero attached hydrogens (tertiary/aromatic N) is 5. The topological polar surface area (TPSA) is 99.7 Å². The van der Waals surface area contributed by atoms with Crippen LogP contribution in [0.15, 0.2) is 65.8 Å². The first kappa shape index (κ1) is 17.1. The maximum atomic E-state index is 11.8. The third-order valence-corrected chi connectivity index (χ3v) is 4.82. The molecule has 1 aromatic carbocycles. The highest BCUT2D eigenvalue weighted by molar-refractivity contribution is 6.33. The van der Waals surface area contributed by atoms with Crippen LogP contribution in [-0.4, -0.2) is 24.3 Å². The zero-order valence-electron chi connectivity index (χ0n) is 14.8. The molecule has 7 nitrogen and oxygen atoms in total. The van der Waals surface area contributed by atoms with Gasteiger partial charge in [0, 0.05) is 35.8 Å². The maximum absolute atomic E-state index is 11.8. The van der Waals surface area contributed by atoms with Gasteiger partial charge in [-0.1, -0.05) is 23.7 Å². The van der Waals surface area contributed by atoms with Crippen LogP contribution in [0, 0.1) is 11.3 Å². The molecule has 4 aromatic heterocycles. The number of aromatic nitrogens is 5. The summed E-state index contributed by atoms with van der Waals surface area (Å²) in [5.74, 6) is 0. The lowest BCUT2D eigenvalue weighted by atomic mass is 10.0. The Morgan fingerprint density at radius 1 is 1.07 bits per heavy atom. The Balaban J connectivity index is 1.85. The molecule has 0 spiro atoms. The molecule has 0 fully saturated rings. The zero-order chi connectivity index (χ0) is 20.0.